The number of esters is 1. The number of carbonyl (C=O) groups excluding carboxylic acids is 1. The molecular weight excluding hydrogens is 242 g/mol. The Morgan fingerprint density at radius 2 is 2.05 bits per heavy atom. The summed E-state index contributed by atoms with van der Waals surface area (Å²) in [4.78, 5) is 12.0. The van der Waals surface area contributed by atoms with Crippen LogP contribution in [0.5, 0.6) is 5.75 Å². The molecule has 2 N–H and O–H groups in total. The number of hydrogen-bond donors (Lipinski definition) is 1. The molecule has 0 spiro atoms. The van der Waals surface area contributed by atoms with E-state index in [9.17, 15) is 4.79 Å². The first kappa shape index (κ1) is 13.7. The fourth-order valence-corrected chi connectivity index (χ4v) is 2.46. The molecule has 0 aromatic heterocycles. The van der Waals surface area contributed by atoms with E-state index in [4.69, 9.17) is 15.2 Å². The Morgan fingerprint density at radius 1 is 1.32 bits per heavy atom. The van der Waals surface area contributed by atoms with E-state index in [1.807, 2.05) is 0 Å². The van der Waals surface area contributed by atoms with E-state index in [0.29, 0.717) is 29.5 Å². The maximum absolute atomic E-state index is 12.0. The minimum absolute atomic E-state index is 0.359. The average molecular weight is 263 g/mol. The second kappa shape index (κ2) is 6.45. The molecule has 1 aromatic rings. The maximum Gasteiger partial charge on any atom is 0.340 e. The van der Waals surface area contributed by atoms with Crippen molar-refractivity contribution in [1.82, 2.24) is 0 Å². The van der Waals surface area contributed by atoms with E-state index in [1.165, 1.54) is 19.3 Å². The van der Waals surface area contributed by atoms with Gasteiger partial charge in [0, 0.05) is 5.69 Å². The van der Waals surface area contributed by atoms with E-state index in [1.54, 1.807) is 25.3 Å². The van der Waals surface area contributed by atoms with Crippen LogP contribution in [0.3, 0.4) is 0 Å². The van der Waals surface area contributed by atoms with Gasteiger partial charge in [0.05, 0.1) is 19.3 Å². The standard InChI is InChI=1S/C15H21NO3/c1-18-12-7-8-14(16)13(9-12)15(17)19-10-11-5-3-2-4-6-11/h7-9,11H,2-6,10,16H2,1H3. The zero-order valence-corrected chi connectivity index (χ0v) is 11.4. The Balaban J connectivity index is 1.95. The summed E-state index contributed by atoms with van der Waals surface area (Å²) in [5.41, 5.74) is 6.61. The van der Waals surface area contributed by atoms with Gasteiger partial charge in [-0.25, -0.2) is 4.79 Å². The molecule has 19 heavy (non-hydrogen) atoms. The minimum atomic E-state index is -0.359. The zero-order chi connectivity index (χ0) is 13.7. The van der Waals surface area contributed by atoms with Crippen LogP contribution in [-0.4, -0.2) is 19.7 Å². The van der Waals surface area contributed by atoms with Crippen molar-refractivity contribution in [3.05, 3.63) is 23.8 Å². The first-order chi connectivity index (χ1) is 9.20. The van der Waals surface area contributed by atoms with Gasteiger partial charge in [-0.3, -0.25) is 0 Å². The number of hydrogen-bond acceptors (Lipinski definition) is 4. The van der Waals surface area contributed by atoms with E-state index < -0.39 is 0 Å². The third-order valence-electron chi connectivity index (χ3n) is 3.66. The molecule has 0 unspecified atom stereocenters. The minimum Gasteiger partial charge on any atom is -0.497 e. The van der Waals surface area contributed by atoms with Gasteiger partial charge < -0.3 is 15.2 Å². The molecule has 4 nitrogen and oxygen atoms in total. The summed E-state index contributed by atoms with van der Waals surface area (Å²) in [6.07, 6.45) is 6.09. The number of benzene rings is 1. The fraction of sp³-hybridized carbons (Fsp3) is 0.533. The van der Waals surface area contributed by atoms with Crippen LogP contribution in [-0.2, 0) is 4.74 Å². The van der Waals surface area contributed by atoms with Gasteiger partial charge in [-0.2, -0.15) is 0 Å². The van der Waals surface area contributed by atoms with E-state index in [2.05, 4.69) is 0 Å². The average Bonchev–Trinajstić information content (AvgIpc) is 2.46. The highest BCUT2D eigenvalue weighted by Crippen LogP contribution is 2.25. The molecule has 0 radical (unpaired) electrons. The Bertz CT molecular complexity index is 439. The third-order valence-corrected chi connectivity index (χ3v) is 3.66. The molecule has 1 aliphatic carbocycles. The number of nitrogen functional groups attached to an aromatic ring is 1. The number of anilines is 1. The van der Waals surface area contributed by atoms with Crippen molar-refractivity contribution in [2.75, 3.05) is 19.5 Å². The predicted octanol–water partition coefficient (Wildman–Crippen LogP) is 3.01. The Labute approximate surface area is 113 Å². The second-order valence-corrected chi connectivity index (χ2v) is 5.06. The molecule has 0 aliphatic heterocycles. The number of nitrogens with two attached hydrogens (primary N) is 1. The van der Waals surface area contributed by atoms with Crippen molar-refractivity contribution < 1.29 is 14.3 Å². The molecule has 4 heteroatoms. The fourth-order valence-electron chi connectivity index (χ4n) is 2.46. The van der Waals surface area contributed by atoms with Crippen LogP contribution in [0, 0.1) is 5.92 Å². The highest BCUT2D eigenvalue weighted by Gasteiger charge is 2.18. The number of methoxy groups -OCH3 is 1. The lowest BCUT2D eigenvalue weighted by molar-refractivity contribution is 0.0411. The largest absolute Gasteiger partial charge is 0.497 e. The summed E-state index contributed by atoms with van der Waals surface area (Å²) in [6, 6.07) is 5.02. The predicted molar refractivity (Wildman–Crippen MR) is 74.3 cm³/mol. The Morgan fingerprint density at radius 3 is 2.74 bits per heavy atom. The molecule has 1 aliphatic rings. The third kappa shape index (κ3) is 3.63. The summed E-state index contributed by atoms with van der Waals surface area (Å²) >= 11 is 0. The monoisotopic (exact) mass is 263 g/mol. The summed E-state index contributed by atoms with van der Waals surface area (Å²) < 4.78 is 10.5. The topological polar surface area (TPSA) is 61.5 Å². The Hall–Kier alpha value is -1.71. The molecule has 0 heterocycles. The Kier molecular flexibility index (Phi) is 4.66. The molecule has 1 saturated carbocycles. The first-order valence-corrected chi connectivity index (χ1v) is 6.81. The summed E-state index contributed by atoms with van der Waals surface area (Å²) in [6.45, 7) is 0.496. The highest BCUT2D eigenvalue weighted by atomic mass is 16.5. The SMILES string of the molecule is COc1ccc(N)c(C(=O)OCC2CCCCC2)c1. The molecule has 2 rings (SSSR count). The second-order valence-electron chi connectivity index (χ2n) is 5.06. The molecule has 0 bridgehead atoms. The lowest BCUT2D eigenvalue weighted by atomic mass is 9.90. The smallest absolute Gasteiger partial charge is 0.340 e. The molecule has 0 atom stereocenters. The van der Waals surface area contributed by atoms with Gasteiger partial charge in [0.15, 0.2) is 0 Å². The van der Waals surface area contributed by atoms with E-state index >= 15 is 0 Å². The van der Waals surface area contributed by atoms with Crippen LogP contribution in [0.25, 0.3) is 0 Å². The van der Waals surface area contributed by atoms with Crippen LogP contribution >= 0.6 is 0 Å². The number of carbonyl (C=O) groups is 1. The van der Waals surface area contributed by atoms with Gasteiger partial charge in [0.25, 0.3) is 0 Å². The van der Waals surface area contributed by atoms with Crippen LogP contribution in [0.4, 0.5) is 5.69 Å². The summed E-state index contributed by atoms with van der Waals surface area (Å²) in [7, 11) is 1.56. The van der Waals surface area contributed by atoms with Gasteiger partial charge in [-0.1, -0.05) is 19.3 Å². The normalized spacial score (nSPS) is 16.1. The molecule has 0 saturated heterocycles. The molecular formula is C15H21NO3. The molecule has 1 aromatic carbocycles. The number of rotatable bonds is 4. The zero-order valence-electron chi connectivity index (χ0n) is 11.4. The van der Waals surface area contributed by atoms with Gasteiger partial charge in [0.1, 0.15) is 5.75 Å². The lowest BCUT2D eigenvalue weighted by Crippen LogP contribution is -2.17. The number of ether oxygens (including phenoxy) is 2. The maximum atomic E-state index is 12.0. The van der Waals surface area contributed by atoms with E-state index in [-0.39, 0.29) is 5.97 Å². The quantitative estimate of drug-likeness (QED) is 0.670. The van der Waals surface area contributed by atoms with Crippen molar-refractivity contribution in [2.24, 2.45) is 5.92 Å². The highest BCUT2D eigenvalue weighted by molar-refractivity contribution is 5.95. The van der Waals surface area contributed by atoms with Crippen molar-refractivity contribution in [3.8, 4) is 5.75 Å². The van der Waals surface area contributed by atoms with Gasteiger partial charge in [-0.05, 0) is 37.0 Å². The van der Waals surface area contributed by atoms with Crippen LogP contribution < -0.4 is 10.5 Å². The van der Waals surface area contributed by atoms with Crippen LogP contribution in [0.2, 0.25) is 0 Å². The molecule has 104 valence electrons. The lowest BCUT2D eigenvalue weighted by Gasteiger charge is -2.21. The molecule has 1 fully saturated rings. The summed E-state index contributed by atoms with van der Waals surface area (Å²) in [5.74, 6) is 0.755. The van der Waals surface area contributed by atoms with Gasteiger partial charge in [0.2, 0.25) is 0 Å². The first-order valence-electron chi connectivity index (χ1n) is 6.81. The van der Waals surface area contributed by atoms with E-state index in [0.717, 1.165) is 12.8 Å². The van der Waals surface area contributed by atoms with Gasteiger partial charge in [-0.15, -0.1) is 0 Å². The van der Waals surface area contributed by atoms with Crippen molar-refractivity contribution >= 4 is 11.7 Å². The molecule has 0 amide bonds. The van der Waals surface area contributed by atoms with Crippen molar-refractivity contribution in [3.63, 3.8) is 0 Å². The van der Waals surface area contributed by atoms with Crippen molar-refractivity contribution in [2.45, 2.75) is 32.1 Å². The van der Waals surface area contributed by atoms with Crippen molar-refractivity contribution in [1.29, 1.82) is 0 Å². The van der Waals surface area contributed by atoms with Crippen LogP contribution in [0.15, 0.2) is 18.2 Å². The summed E-state index contributed by atoms with van der Waals surface area (Å²) in [5, 5.41) is 0. The van der Waals surface area contributed by atoms with Gasteiger partial charge >= 0.3 is 5.97 Å². The van der Waals surface area contributed by atoms with Crippen LogP contribution in [0.1, 0.15) is 42.5 Å².